The van der Waals surface area contributed by atoms with E-state index < -0.39 is 24.1 Å². The highest BCUT2D eigenvalue weighted by molar-refractivity contribution is 5.77. The Labute approximate surface area is 181 Å². The number of rotatable bonds is 6. The van der Waals surface area contributed by atoms with E-state index >= 15 is 0 Å². The zero-order valence-electron chi connectivity index (χ0n) is 18.1. The summed E-state index contributed by atoms with van der Waals surface area (Å²) in [5, 5.41) is 0. The van der Waals surface area contributed by atoms with Gasteiger partial charge >= 0.3 is 12.1 Å². The average Bonchev–Trinajstić information content (AvgIpc) is 3.15. The van der Waals surface area contributed by atoms with E-state index in [9.17, 15) is 9.59 Å². The summed E-state index contributed by atoms with van der Waals surface area (Å²) in [5.41, 5.74) is 8.26. The van der Waals surface area contributed by atoms with Crippen LogP contribution in [-0.2, 0) is 14.3 Å². The van der Waals surface area contributed by atoms with Crippen molar-refractivity contribution in [2.45, 2.75) is 12.1 Å². The van der Waals surface area contributed by atoms with E-state index in [1.54, 1.807) is 14.2 Å². The van der Waals surface area contributed by atoms with E-state index in [2.05, 4.69) is 0 Å². The number of carbonyl (C=O) groups excluding carboxylic acids is 2. The third kappa shape index (κ3) is 4.44. The van der Waals surface area contributed by atoms with Gasteiger partial charge < -0.3 is 24.7 Å². The number of nitrogens with two attached hydrogens (primary N) is 1. The summed E-state index contributed by atoms with van der Waals surface area (Å²) in [7, 11) is 5.82. The van der Waals surface area contributed by atoms with Gasteiger partial charge in [-0.3, -0.25) is 9.69 Å². The predicted molar refractivity (Wildman–Crippen MR) is 114 cm³/mol. The molecule has 0 bridgehead atoms. The largest absolute Gasteiger partial charge is 0.497 e. The summed E-state index contributed by atoms with van der Waals surface area (Å²) < 4.78 is 20.5. The molecule has 0 aliphatic carbocycles. The highest BCUT2D eigenvalue weighted by Crippen LogP contribution is 2.43. The van der Waals surface area contributed by atoms with E-state index in [1.807, 2.05) is 48.5 Å². The molecular formula is C23H28N2O6. The molecule has 1 amide bonds. The molecule has 0 saturated carbocycles. The minimum Gasteiger partial charge on any atom is -0.497 e. The third-order valence-corrected chi connectivity index (χ3v) is 5.86. The van der Waals surface area contributed by atoms with Crippen molar-refractivity contribution in [1.29, 1.82) is 0 Å². The van der Waals surface area contributed by atoms with Gasteiger partial charge in [-0.25, -0.2) is 4.79 Å². The minimum atomic E-state index is -0.858. The van der Waals surface area contributed by atoms with Crippen LogP contribution >= 0.6 is 0 Å². The lowest BCUT2D eigenvalue weighted by atomic mass is 9.75. The van der Waals surface area contributed by atoms with E-state index in [4.69, 9.17) is 24.7 Å². The van der Waals surface area contributed by atoms with Crippen LogP contribution in [0.2, 0.25) is 0 Å². The molecule has 0 aromatic heterocycles. The summed E-state index contributed by atoms with van der Waals surface area (Å²) in [4.78, 5) is 26.4. The second-order valence-corrected chi connectivity index (χ2v) is 7.35. The van der Waals surface area contributed by atoms with Crippen molar-refractivity contribution in [2.24, 2.45) is 17.6 Å². The molecular weight excluding hydrogens is 400 g/mol. The van der Waals surface area contributed by atoms with Crippen LogP contribution in [0.25, 0.3) is 0 Å². The molecule has 1 aliphatic heterocycles. The van der Waals surface area contributed by atoms with Crippen LogP contribution in [0.15, 0.2) is 48.5 Å². The monoisotopic (exact) mass is 428 g/mol. The zero-order chi connectivity index (χ0) is 22.5. The predicted octanol–water partition coefficient (Wildman–Crippen LogP) is 2.61. The summed E-state index contributed by atoms with van der Waals surface area (Å²) >= 11 is 0. The number of carbonyl (C=O) groups is 2. The molecule has 3 unspecified atom stereocenters. The summed E-state index contributed by atoms with van der Waals surface area (Å²) in [6.07, 6.45) is -1.43. The fraction of sp³-hybridized carbons (Fsp3) is 0.391. The second kappa shape index (κ2) is 9.70. The number of ether oxygens (including phenoxy) is 4. The Morgan fingerprint density at radius 1 is 0.871 bits per heavy atom. The lowest BCUT2D eigenvalue weighted by molar-refractivity contribution is -0.147. The van der Waals surface area contributed by atoms with E-state index in [0.717, 1.165) is 22.6 Å². The van der Waals surface area contributed by atoms with Gasteiger partial charge in [0.25, 0.3) is 0 Å². The fourth-order valence-corrected chi connectivity index (χ4v) is 4.30. The number of likely N-dealkylation sites (tertiary alicyclic amines) is 1. The highest BCUT2D eigenvalue weighted by atomic mass is 16.5. The first kappa shape index (κ1) is 22.4. The van der Waals surface area contributed by atoms with Crippen LogP contribution in [0.5, 0.6) is 11.5 Å². The molecule has 2 aromatic carbocycles. The maximum absolute atomic E-state index is 12.7. The van der Waals surface area contributed by atoms with Crippen LogP contribution in [0.3, 0.4) is 0 Å². The van der Waals surface area contributed by atoms with E-state index in [-0.39, 0.29) is 18.4 Å². The van der Waals surface area contributed by atoms with Crippen molar-refractivity contribution >= 4 is 12.1 Å². The number of esters is 1. The first-order valence-electron chi connectivity index (χ1n) is 9.91. The molecule has 8 nitrogen and oxygen atoms in total. The number of nitrogens with zero attached hydrogens (tertiary/aromatic N) is 1. The lowest BCUT2D eigenvalue weighted by Gasteiger charge is -2.28. The van der Waals surface area contributed by atoms with Crippen molar-refractivity contribution in [2.75, 3.05) is 35.0 Å². The number of hydrogen-bond donors (Lipinski definition) is 1. The maximum Gasteiger partial charge on any atom is 0.410 e. The molecule has 0 radical (unpaired) electrons. The molecule has 2 N–H and O–H groups in total. The van der Waals surface area contributed by atoms with Gasteiger partial charge in [-0.05, 0) is 35.4 Å². The van der Waals surface area contributed by atoms with Crippen LogP contribution < -0.4 is 15.2 Å². The first-order valence-corrected chi connectivity index (χ1v) is 9.91. The van der Waals surface area contributed by atoms with Gasteiger partial charge in [0, 0.05) is 18.4 Å². The van der Waals surface area contributed by atoms with Gasteiger partial charge in [-0.2, -0.15) is 0 Å². The Hall–Kier alpha value is -3.26. The van der Waals surface area contributed by atoms with Crippen molar-refractivity contribution in [3.63, 3.8) is 0 Å². The van der Waals surface area contributed by atoms with Gasteiger partial charge in [0.15, 0.2) is 0 Å². The lowest BCUT2D eigenvalue weighted by Crippen LogP contribution is -2.46. The van der Waals surface area contributed by atoms with Crippen molar-refractivity contribution < 1.29 is 28.5 Å². The Bertz CT molecular complexity index is 852. The molecule has 1 fully saturated rings. The third-order valence-electron chi connectivity index (χ3n) is 5.86. The topological polar surface area (TPSA) is 100 Å². The van der Waals surface area contributed by atoms with Crippen molar-refractivity contribution in [1.82, 2.24) is 4.90 Å². The number of methoxy groups -OCH3 is 4. The van der Waals surface area contributed by atoms with Gasteiger partial charge in [0.1, 0.15) is 11.5 Å². The minimum absolute atomic E-state index is 0.235. The summed E-state index contributed by atoms with van der Waals surface area (Å²) in [6, 6.07) is 15.3. The molecule has 1 aliphatic rings. The van der Waals surface area contributed by atoms with E-state index in [1.165, 1.54) is 19.1 Å². The molecule has 166 valence electrons. The van der Waals surface area contributed by atoms with Gasteiger partial charge in [-0.15, -0.1) is 0 Å². The first-order chi connectivity index (χ1) is 14.9. The Morgan fingerprint density at radius 3 is 1.74 bits per heavy atom. The molecule has 1 saturated heterocycles. The Morgan fingerprint density at radius 2 is 1.35 bits per heavy atom. The van der Waals surface area contributed by atoms with Crippen LogP contribution in [-0.4, -0.2) is 58.1 Å². The number of hydrogen-bond acceptors (Lipinski definition) is 7. The van der Waals surface area contributed by atoms with Crippen molar-refractivity contribution in [3.8, 4) is 11.5 Å². The van der Waals surface area contributed by atoms with Crippen LogP contribution in [0, 0.1) is 11.8 Å². The van der Waals surface area contributed by atoms with Crippen LogP contribution in [0.4, 0.5) is 4.79 Å². The average molecular weight is 428 g/mol. The number of benzene rings is 2. The van der Waals surface area contributed by atoms with E-state index in [0.29, 0.717) is 0 Å². The number of amides is 1. The molecule has 0 spiro atoms. The normalized spacial score (nSPS) is 20.5. The molecule has 31 heavy (non-hydrogen) atoms. The fourth-order valence-electron chi connectivity index (χ4n) is 4.30. The summed E-state index contributed by atoms with van der Waals surface area (Å²) in [5.74, 6) is -0.304. The van der Waals surface area contributed by atoms with Gasteiger partial charge in [0.2, 0.25) is 0 Å². The smallest absolute Gasteiger partial charge is 0.410 e. The highest BCUT2D eigenvalue weighted by Gasteiger charge is 2.50. The SMILES string of the molecule is COC(=O)C1C(C(c2ccc(OC)cc2)c2ccc(OC)cc2)CN(C(=O)OC)C1N. The Kier molecular flexibility index (Phi) is 7.02. The van der Waals surface area contributed by atoms with Crippen LogP contribution in [0.1, 0.15) is 17.0 Å². The second-order valence-electron chi connectivity index (χ2n) is 7.35. The van der Waals surface area contributed by atoms with Gasteiger partial charge in [-0.1, -0.05) is 24.3 Å². The molecule has 2 aromatic rings. The van der Waals surface area contributed by atoms with Crippen molar-refractivity contribution in [3.05, 3.63) is 59.7 Å². The quantitative estimate of drug-likeness (QED) is 0.706. The Balaban J connectivity index is 2.10. The molecule has 3 rings (SSSR count). The molecule has 3 atom stereocenters. The standard InChI is InChI=1S/C23H28N2O6/c1-28-16-9-5-14(6-10-16)19(15-7-11-17(29-2)12-8-15)18-13-25(23(27)31-4)21(24)20(18)22(26)30-3/h5-12,18-21H,13,24H2,1-4H3. The molecule has 8 heteroatoms. The summed E-state index contributed by atoms with van der Waals surface area (Å²) in [6.45, 7) is 0.246. The van der Waals surface area contributed by atoms with Gasteiger partial charge in [0.05, 0.1) is 40.5 Å². The zero-order valence-corrected chi connectivity index (χ0v) is 18.1. The molecule has 1 heterocycles. The maximum atomic E-state index is 12.7.